The van der Waals surface area contributed by atoms with E-state index in [9.17, 15) is 14.4 Å². The van der Waals surface area contributed by atoms with Crippen molar-refractivity contribution in [1.29, 1.82) is 0 Å². The number of nitrogens with zero attached hydrogens (tertiary/aromatic N) is 1. The highest BCUT2D eigenvalue weighted by atomic mass is 35.5. The minimum absolute atomic E-state index is 0.192. The fourth-order valence-electron chi connectivity index (χ4n) is 3.75. The van der Waals surface area contributed by atoms with Crippen LogP contribution >= 0.6 is 11.6 Å². The number of nitrogens with one attached hydrogen (secondary N) is 1. The zero-order valence-electron chi connectivity index (χ0n) is 19.7. The number of rotatable bonds is 6. The predicted octanol–water partition coefficient (Wildman–Crippen LogP) is 5.76. The number of imide groups is 2. The molecule has 178 valence electrons. The van der Waals surface area contributed by atoms with Crippen LogP contribution in [0.4, 0.5) is 10.5 Å². The van der Waals surface area contributed by atoms with Crippen LogP contribution in [0.1, 0.15) is 34.7 Å². The van der Waals surface area contributed by atoms with Gasteiger partial charge in [-0.3, -0.25) is 14.9 Å². The second-order valence-electron chi connectivity index (χ2n) is 8.37. The molecule has 1 heterocycles. The van der Waals surface area contributed by atoms with Crippen molar-refractivity contribution in [2.45, 2.75) is 33.8 Å². The largest absolute Gasteiger partial charge is 0.488 e. The normalized spacial score (nSPS) is 14.9. The van der Waals surface area contributed by atoms with Crippen molar-refractivity contribution in [3.63, 3.8) is 0 Å². The summed E-state index contributed by atoms with van der Waals surface area (Å²) in [7, 11) is 0. The molecule has 1 saturated heterocycles. The molecule has 0 bridgehead atoms. The lowest BCUT2D eigenvalue weighted by Gasteiger charge is -2.26. The van der Waals surface area contributed by atoms with E-state index in [1.807, 2.05) is 45.0 Å². The van der Waals surface area contributed by atoms with E-state index < -0.39 is 17.8 Å². The highest BCUT2D eigenvalue weighted by molar-refractivity contribution is 6.39. The van der Waals surface area contributed by atoms with Gasteiger partial charge in [-0.15, -0.1) is 0 Å². The molecular weight excluding hydrogens is 464 g/mol. The number of carbonyl (C=O) groups is 3. The third kappa shape index (κ3) is 5.28. The molecule has 3 aromatic carbocycles. The minimum atomic E-state index is -0.793. The number of aryl methyl sites for hydroxylation is 3. The summed E-state index contributed by atoms with van der Waals surface area (Å²) in [5.74, 6) is -1.04. The zero-order valence-corrected chi connectivity index (χ0v) is 20.5. The summed E-state index contributed by atoms with van der Waals surface area (Å²) >= 11 is 6.20. The molecule has 1 aliphatic heterocycles. The van der Waals surface area contributed by atoms with Gasteiger partial charge in [0, 0.05) is 10.6 Å². The molecule has 4 amide bonds. The molecule has 1 N–H and O–H groups in total. The summed E-state index contributed by atoms with van der Waals surface area (Å²) in [5, 5.41) is 2.66. The Labute approximate surface area is 209 Å². The van der Waals surface area contributed by atoms with E-state index >= 15 is 0 Å². The predicted molar refractivity (Wildman–Crippen MR) is 137 cm³/mol. The van der Waals surface area contributed by atoms with E-state index in [0.717, 1.165) is 28.0 Å². The molecule has 0 aromatic heterocycles. The van der Waals surface area contributed by atoms with Gasteiger partial charge in [-0.25, -0.2) is 9.69 Å². The molecule has 0 saturated carbocycles. The van der Waals surface area contributed by atoms with Gasteiger partial charge in [0.25, 0.3) is 11.8 Å². The van der Waals surface area contributed by atoms with E-state index in [-0.39, 0.29) is 5.57 Å². The molecule has 1 fully saturated rings. The topological polar surface area (TPSA) is 75.7 Å². The number of halogens is 1. The van der Waals surface area contributed by atoms with Crippen molar-refractivity contribution in [1.82, 2.24) is 5.32 Å². The van der Waals surface area contributed by atoms with Crippen LogP contribution in [0, 0.1) is 13.8 Å². The van der Waals surface area contributed by atoms with Crippen molar-refractivity contribution < 1.29 is 19.1 Å². The summed E-state index contributed by atoms with van der Waals surface area (Å²) in [5.41, 5.74) is 5.04. The third-order valence-corrected chi connectivity index (χ3v) is 6.18. The van der Waals surface area contributed by atoms with Gasteiger partial charge in [0.15, 0.2) is 0 Å². The first-order chi connectivity index (χ1) is 16.8. The molecule has 7 heteroatoms. The third-order valence-electron chi connectivity index (χ3n) is 5.94. The molecule has 3 aromatic rings. The number of anilines is 1. The number of ether oxygens (including phenoxy) is 1. The maximum absolute atomic E-state index is 13.3. The molecule has 0 spiro atoms. The number of hydrogen-bond donors (Lipinski definition) is 1. The van der Waals surface area contributed by atoms with Crippen molar-refractivity contribution in [3.8, 4) is 5.75 Å². The highest BCUT2D eigenvalue weighted by Crippen LogP contribution is 2.29. The number of amides is 4. The Balaban J connectivity index is 1.65. The van der Waals surface area contributed by atoms with Crippen LogP contribution in [-0.4, -0.2) is 17.8 Å². The molecule has 4 rings (SSSR count). The van der Waals surface area contributed by atoms with Crippen LogP contribution in [0.5, 0.6) is 5.75 Å². The lowest BCUT2D eigenvalue weighted by atomic mass is 10.1. The Bertz CT molecular complexity index is 1350. The Morgan fingerprint density at radius 3 is 2.31 bits per heavy atom. The SMILES string of the molecule is CCc1ccc(N2C(=O)NC(=O)/C(=C\c3cc(Cl)ccc3OCc3ccc(C)c(C)c3)C2=O)cc1. The van der Waals surface area contributed by atoms with Crippen LogP contribution in [0.2, 0.25) is 5.02 Å². The van der Waals surface area contributed by atoms with Crippen molar-refractivity contribution >= 4 is 41.2 Å². The van der Waals surface area contributed by atoms with Gasteiger partial charge in [0.2, 0.25) is 0 Å². The monoisotopic (exact) mass is 488 g/mol. The summed E-state index contributed by atoms with van der Waals surface area (Å²) in [6, 6.07) is 17.3. The smallest absolute Gasteiger partial charge is 0.335 e. The Kier molecular flexibility index (Phi) is 7.03. The Hall–Kier alpha value is -3.90. The van der Waals surface area contributed by atoms with Crippen LogP contribution < -0.4 is 15.0 Å². The molecule has 6 nitrogen and oxygen atoms in total. The maximum Gasteiger partial charge on any atom is 0.335 e. The van der Waals surface area contributed by atoms with Crippen LogP contribution in [0.15, 0.2) is 66.2 Å². The van der Waals surface area contributed by atoms with Gasteiger partial charge in [0.05, 0.1) is 5.69 Å². The fourth-order valence-corrected chi connectivity index (χ4v) is 3.93. The van der Waals surface area contributed by atoms with Crippen molar-refractivity contribution in [2.24, 2.45) is 0 Å². The molecular formula is C28H25ClN2O4. The zero-order chi connectivity index (χ0) is 25.1. The first-order valence-electron chi connectivity index (χ1n) is 11.3. The van der Waals surface area contributed by atoms with Crippen molar-refractivity contribution in [3.05, 3.63) is 99.1 Å². The Morgan fingerprint density at radius 2 is 1.63 bits per heavy atom. The lowest BCUT2D eigenvalue weighted by Crippen LogP contribution is -2.54. The van der Waals surface area contributed by atoms with Gasteiger partial charge in [-0.05, 0) is 78.9 Å². The van der Waals surface area contributed by atoms with Gasteiger partial charge >= 0.3 is 6.03 Å². The van der Waals surface area contributed by atoms with E-state index in [2.05, 4.69) is 11.4 Å². The van der Waals surface area contributed by atoms with E-state index in [0.29, 0.717) is 28.6 Å². The van der Waals surface area contributed by atoms with Gasteiger partial charge in [-0.2, -0.15) is 0 Å². The Morgan fingerprint density at radius 1 is 0.914 bits per heavy atom. The minimum Gasteiger partial charge on any atom is -0.488 e. The van der Waals surface area contributed by atoms with Crippen molar-refractivity contribution in [2.75, 3.05) is 4.90 Å². The standard InChI is InChI=1S/C28H25ClN2O4/c1-4-19-7-10-23(11-8-19)31-27(33)24(26(32)30-28(31)34)15-21-14-22(29)9-12-25(21)35-16-20-6-5-17(2)18(3)13-20/h5-15H,4,16H2,1-3H3,(H,30,32,34)/b24-15+. The number of urea groups is 1. The number of carbonyl (C=O) groups excluding carboxylic acids is 3. The average molecular weight is 489 g/mol. The maximum atomic E-state index is 13.3. The summed E-state index contributed by atoms with van der Waals surface area (Å²) in [4.78, 5) is 39.3. The average Bonchev–Trinajstić information content (AvgIpc) is 2.83. The lowest BCUT2D eigenvalue weighted by molar-refractivity contribution is -0.122. The van der Waals surface area contributed by atoms with Gasteiger partial charge < -0.3 is 4.74 Å². The van der Waals surface area contributed by atoms with Gasteiger partial charge in [-0.1, -0.05) is 48.9 Å². The van der Waals surface area contributed by atoms with Gasteiger partial charge in [0.1, 0.15) is 17.9 Å². The summed E-state index contributed by atoms with van der Waals surface area (Å²) < 4.78 is 6.02. The quantitative estimate of drug-likeness (QED) is 0.353. The van der Waals surface area contributed by atoms with Crippen LogP contribution in [0.3, 0.4) is 0 Å². The molecule has 0 radical (unpaired) electrons. The molecule has 35 heavy (non-hydrogen) atoms. The molecule has 0 unspecified atom stereocenters. The first kappa shape index (κ1) is 24.2. The second-order valence-corrected chi connectivity index (χ2v) is 8.80. The van der Waals surface area contributed by atoms with E-state index in [1.165, 1.54) is 11.6 Å². The molecule has 0 aliphatic carbocycles. The number of benzene rings is 3. The second kappa shape index (κ2) is 10.2. The number of barbiturate groups is 1. The van der Waals surface area contributed by atoms with E-state index in [1.54, 1.807) is 30.3 Å². The summed E-state index contributed by atoms with van der Waals surface area (Å²) in [6.45, 7) is 6.39. The molecule has 1 aliphatic rings. The highest BCUT2D eigenvalue weighted by Gasteiger charge is 2.37. The first-order valence-corrected chi connectivity index (χ1v) is 11.6. The molecule has 0 atom stereocenters. The summed E-state index contributed by atoms with van der Waals surface area (Å²) in [6.07, 6.45) is 2.23. The van der Waals surface area contributed by atoms with Crippen LogP contribution in [0.25, 0.3) is 6.08 Å². The van der Waals surface area contributed by atoms with E-state index in [4.69, 9.17) is 16.3 Å². The van der Waals surface area contributed by atoms with Crippen LogP contribution in [-0.2, 0) is 22.6 Å². The fraction of sp³-hybridized carbons (Fsp3) is 0.179. The number of hydrogen-bond acceptors (Lipinski definition) is 4.